The van der Waals surface area contributed by atoms with Crippen molar-refractivity contribution in [2.75, 3.05) is 6.61 Å². The summed E-state index contributed by atoms with van der Waals surface area (Å²) in [4.78, 5) is 63.8. The summed E-state index contributed by atoms with van der Waals surface area (Å²) in [5.74, 6) is -2.73. The van der Waals surface area contributed by atoms with Gasteiger partial charge in [0.25, 0.3) is 0 Å². The van der Waals surface area contributed by atoms with E-state index in [1.54, 1.807) is 0 Å². The summed E-state index contributed by atoms with van der Waals surface area (Å²) in [6.07, 6.45) is 0.169. The number of aliphatic imine (C=N–C) groups is 1. The van der Waals surface area contributed by atoms with Crippen LogP contribution in [0, 0.1) is 17.8 Å². The fourth-order valence-electron chi connectivity index (χ4n) is 7.65. The van der Waals surface area contributed by atoms with Crippen LogP contribution >= 0.6 is 24.0 Å². The van der Waals surface area contributed by atoms with E-state index in [0.717, 1.165) is 59.3 Å². The van der Waals surface area contributed by atoms with Crippen molar-refractivity contribution in [3.05, 3.63) is 0 Å². The van der Waals surface area contributed by atoms with Crippen LogP contribution in [0.2, 0.25) is 0 Å². The summed E-state index contributed by atoms with van der Waals surface area (Å²) < 4.78 is 27.8. The zero-order valence-corrected chi connectivity index (χ0v) is 25.7. The Balaban J connectivity index is 1.80. The van der Waals surface area contributed by atoms with Crippen LogP contribution in [-0.4, -0.2) is 86.9 Å². The van der Waals surface area contributed by atoms with Gasteiger partial charge in [-0.05, 0) is 68.5 Å². The summed E-state index contributed by atoms with van der Waals surface area (Å²) in [6.45, 7) is 4.04. The number of carbonyl (C=O) groups excluding carboxylic acids is 4. The average Bonchev–Trinajstić information content (AvgIpc) is 2.84. The fraction of sp³-hybridized carbons (Fsp3) is 0.786. The van der Waals surface area contributed by atoms with Gasteiger partial charge in [0.2, 0.25) is 4.93 Å². The lowest BCUT2D eigenvalue weighted by Gasteiger charge is -2.59. The van der Waals surface area contributed by atoms with Crippen LogP contribution in [0.15, 0.2) is 4.99 Å². The predicted octanol–water partition coefficient (Wildman–Crippen LogP) is 3.09. The molecule has 0 unspecified atom stereocenters. The zero-order valence-electron chi connectivity index (χ0n) is 24.1. The Kier molecular flexibility index (Phi) is 10.0. The number of carbonyl (C=O) groups is 5. The molecule has 232 valence electrons. The summed E-state index contributed by atoms with van der Waals surface area (Å²) in [5, 5.41) is 13.0. The Morgan fingerprint density at radius 1 is 0.929 bits per heavy atom. The summed E-state index contributed by atoms with van der Waals surface area (Å²) in [6, 6.07) is -1.18. The predicted molar refractivity (Wildman–Crippen MR) is 150 cm³/mol. The van der Waals surface area contributed by atoms with E-state index in [9.17, 15) is 29.1 Å². The quantitative estimate of drug-likeness (QED) is 0.154. The van der Waals surface area contributed by atoms with Gasteiger partial charge in [0.1, 0.15) is 24.9 Å². The molecule has 6 atom stereocenters. The number of thioether (sulfide) groups is 1. The number of esters is 4. The van der Waals surface area contributed by atoms with Gasteiger partial charge in [-0.15, -0.1) is 11.8 Å². The molecule has 1 heterocycles. The molecule has 0 spiro atoms. The first-order valence-electron chi connectivity index (χ1n) is 14.1. The van der Waals surface area contributed by atoms with Gasteiger partial charge in [0.15, 0.2) is 12.2 Å². The number of hydrogen-bond acceptors (Lipinski definition) is 13. The van der Waals surface area contributed by atoms with E-state index in [1.807, 2.05) is 0 Å². The Morgan fingerprint density at radius 2 is 1.50 bits per heavy atom. The molecule has 5 rings (SSSR count). The molecule has 0 amide bonds. The Labute approximate surface area is 253 Å². The molecule has 14 heteroatoms. The summed E-state index contributed by atoms with van der Waals surface area (Å²) in [7, 11) is 0. The Hall–Kier alpha value is -2.54. The van der Waals surface area contributed by atoms with Crippen molar-refractivity contribution in [1.29, 1.82) is 0 Å². The van der Waals surface area contributed by atoms with E-state index in [0.29, 0.717) is 17.8 Å². The van der Waals surface area contributed by atoms with Gasteiger partial charge in [0, 0.05) is 38.9 Å². The highest BCUT2D eigenvalue weighted by Gasteiger charge is 2.62. The minimum absolute atomic E-state index is 0.259. The highest BCUT2D eigenvalue weighted by molar-refractivity contribution is 8.02. The van der Waals surface area contributed by atoms with E-state index >= 15 is 0 Å². The van der Waals surface area contributed by atoms with Crippen molar-refractivity contribution in [1.82, 2.24) is 0 Å². The maximum absolute atomic E-state index is 13.2. The molecule has 5 aliphatic rings. The van der Waals surface area contributed by atoms with Crippen LogP contribution in [0.4, 0.5) is 0 Å². The van der Waals surface area contributed by atoms with Gasteiger partial charge >= 0.3 is 29.8 Å². The van der Waals surface area contributed by atoms with Crippen molar-refractivity contribution in [2.24, 2.45) is 22.7 Å². The molecule has 1 N–H and O–H groups in total. The molecule has 12 nitrogen and oxygen atoms in total. The summed E-state index contributed by atoms with van der Waals surface area (Å²) >= 11 is 6.10. The first kappa shape index (κ1) is 32.4. The third kappa shape index (κ3) is 7.32. The Bertz CT molecular complexity index is 1120. The molecule has 4 bridgehead atoms. The molecule has 4 aliphatic carbocycles. The van der Waals surface area contributed by atoms with E-state index in [2.05, 4.69) is 10.2 Å². The number of carboxylic acids is 1. The molecule has 4 saturated carbocycles. The molecule has 0 aromatic carbocycles. The summed E-state index contributed by atoms with van der Waals surface area (Å²) in [5.41, 5.74) is 0. The molecule has 5 fully saturated rings. The molecule has 0 radical (unpaired) electrons. The maximum Gasteiger partial charge on any atom is 0.346 e. The molecule has 0 aromatic heterocycles. The highest BCUT2D eigenvalue weighted by atomic mass is 32.2. The molecule has 1 saturated heterocycles. The monoisotopic (exact) mass is 627 g/mol. The normalized spacial score (nSPS) is 36.1. The van der Waals surface area contributed by atoms with E-state index in [1.165, 1.54) is 18.7 Å². The topological polar surface area (TPSA) is 164 Å². The molecule has 42 heavy (non-hydrogen) atoms. The van der Waals surface area contributed by atoms with Gasteiger partial charge in [-0.2, -0.15) is 0 Å². The number of ether oxygens (including phenoxy) is 5. The van der Waals surface area contributed by atoms with Crippen LogP contribution < -0.4 is 0 Å². The SMILES string of the molecule is CC(=O)OC[C@@H](OC(C)=O)[C@@H](OC(C)=O)[C@@H]1O[C@](SC23CC4CC(CC(C4)C2)C3)(C(=O)O)C[C@H](OC(C)=O)[C@H]1N=C=S. The van der Waals surface area contributed by atoms with E-state index in [4.69, 9.17) is 35.9 Å². The van der Waals surface area contributed by atoms with Crippen molar-refractivity contribution >= 4 is 59.0 Å². The average molecular weight is 628 g/mol. The van der Waals surface area contributed by atoms with Crippen molar-refractivity contribution in [2.45, 2.75) is 113 Å². The highest BCUT2D eigenvalue weighted by Crippen LogP contribution is 2.64. The number of hydrogen-bond donors (Lipinski definition) is 1. The second-order valence-electron chi connectivity index (χ2n) is 11.9. The first-order chi connectivity index (χ1) is 19.7. The van der Waals surface area contributed by atoms with Crippen molar-refractivity contribution in [3.8, 4) is 0 Å². The molecule has 0 aromatic rings. The van der Waals surface area contributed by atoms with Gasteiger partial charge in [0.05, 0.1) is 5.16 Å². The molecular weight excluding hydrogens is 590 g/mol. The number of nitrogens with zero attached hydrogens (tertiary/aromatic N) is 1. The Morgan fingerprint density at radius 3 is 1.95 bits per heavy atom. The molecule has 1 aliphatic heterocycles. The first-order valence-corrected chi connectivity index (χ1v) is 15.3. The van der Waals surface area contributed by atoms with Gasteiger partial charge in [-0.3, -0.25) is 19.2 Å². The zero-order chi connectivity index (χ0) is 30.8. The minimum Gasteiger partial charge on any atom is -0.478 e. The maximum atomic E-state index is 13.2. The number of rotatable bonds is 11. The standard InChI is InChI=1S/C28H37NO11S2/c1-14(30)36-12-22(38-16(3)32)24(39-17(4)33)25-23(29-13-41)21(37-15(2)31)11-28(40-25,26(34)35)42-27-8-18-5-19(9-27)7-20(6-18)10-27/h18-25H,5-12H2,1-4H3,(H,34,35)/t18?,19?,20?,21-,22+,23+,24+,25+,27?,28+/m0/s1. The third-order valence-electron chi connectivity index (χ3n) is 8.48. The number of thiocarbonyl (C=S) groups is 1. The van der Waals surface area contributed by atoms with Gasteiger partial charge < -0.3 is 28.8 Å². The van der Waals surface area contributed by atoms with Gasteiger partial charge in [-0.25, -0.2) is 9.79 Å². The van der Waals surface area contributed by atoms with Crippen LogP contribution in [0.5, 0.6) is 0 Å². The number of carboxylic acid groups (broad SMARTS) is 1. The van der Waals surface area contributed by atoms with Gasteiger partial charge in [-0.1, -0.05) is 0 Å². The van der Waals surface area contributed by atoms with Crippen molar-refractivity contribution in [3.63, 3.8) is 0 Å². The van der Waals surface area contributed by atoms with E-state index in [-0.39, 0.29) is 11.2 Å². The smallest absolute Gasteiger partial charge is 0.346 e. The fourth-order valence-corrected chi connectivity index (χ4v) is 9.92. The largest absolute Gasteiger partial charge is 0.478 e. The lowest BCUT2D eigenvalue weighted by molar-refractivity contribution is -0.220. The number of aliphatic carboxylic acids is 1. The van der Waals surface area contributed by atoms with Crippen LogP contribution in [-0.2, 0) is 47.7 Å². The lowest BCUT2D eigenvalue weighted by atomic mass is 9.56. The second kappa shape index (κ2) is 13.0. The third-order valence-corrected chi connectivity index (χ3v) is 10.3. The van der Waals surface area contributed by atoms with Crippen LogP contribution in [0.1, 0.15) is 72.6 Å². The number of isothiocyanates is 1. The molecular formula is C28H37NO11S2. The van der Waals surface area contributed by atoms with Crippen molar-refractivity contribution < 1.29 is 52.8 Å². The lowest BCUT2D eigenvalue weighted by Crippen LogP contribution is -2.64. The van der Waals surface area contributed by atoms with E-state index < -0.39 is 71.8 Å². The van der Waals surface area contributed by atoms with Crippen LogP contribution in [0.3, 0.4) is 0 Å². The second-order valence-corrected chi connectivity index (χ2v) is 13.8. The minimum atomic E-state index is -1.94. The van der Waals surface area contributed by atoms with Crippen LogP contribution in [0.25, 0.3) is 0 Å².